The minimum atomic E-state index is -1.07. The first-order valence-corrected chi connectivity index (χ1v) is 12.1. The number of amides is 2. The third-order valence-corrected chi connectivity index (χ3v) is 5.90. The molecule has 9 nitrogen and oxygen atoms in total. The summed E-state index contributed by atoms with van der Waals surface area (Å²) in [5.41, 5.74) is -0.0109. The van der Waals surface area contributed by atoms with E-state index in [9.17, 15) is 14.4 Å². The topological polar surface area (TPSA) is 111 Å². The standard InChI is InChI=1S/C24H29Cl2N3O6/c1-5-33-22(31)18(27-21(30)20-15(25)8-6-9-16(20)26)13-14-12-17(28-35-14)19-10-7-11-29(19)23(32)34-24(2,3)4/h6,8-9,12,18-19H,5,7,10-11,13H2,1-4H3,(H,27,30). The van der Waals surface area contributed by atoms with Gasteiger partial charge in [-0.1, -0.05) is 34.4 Å². The molecule has 0 spiro atoms. The molecule has 2 amide bonds. The number of carbonyl (C=O) groups is 3. The van der Waals surface area contributed by atoms with Crippen LogP contribution >= 0.6 is 23.2 Å². The monoisotopic (exact) mass is 525 g/mol. The van der Waals surface area contributed by atoms with Gasteiger partial charge in [-0.05, 0) is 52.7 Å². The predicted octanol–water partition coefficient (Wildman–Crippen LogP) is 4.96. The van der Waals surface area contributed by atoms with E-state index < -0.39 is 29.6 Å². The largest absolute Gasteiger partial charge is 0.464 e. The second-order valence-electron chi connectivity index (χ2n) is 9.13. The zero-order valence-electron chi connectivity index (χ0n) is 20.1. The van der Waals surface area contributed by atoms with Crippen molar-refractivity contribution in [3.8, 4) is 0 Å². The first kappa shape index (κ1) is 26.8. The highest BCUT2D eigenvalue weighted by Crippen LogP contribution is 2.33. The molecule has 0 saturated carbocycles. The van der Waals surface area contributed by atoms with Crippen LogP contribution < -0.4 is 5.32 Å². The normalized spacial score (nSPS) is 16.6. The number of nitrogens with zero attached hydrogens (tertiary/aromatic N) is 2. The van der Waals surface area contributed by atoms with Crippen LogP contribution in [0.5, 0.6) is 0 Å². The van der Waals surface area contributed by atoms with Gasteiger partial charge in [-0.3, -0.25) is 9.69 Å². The van der Waals surface area contributed by atoms with E-state index >= 15 is 0 Å². The molecule has 11 heteroatoms. The van der Waals surface area contributed by atoms with E-state index in [1.165, 1.54) is 12.1 Å². The van der Waals surface area contributed by atoms with E-state index in [0.29, 0.717) is 24.4 Å². The Morgan fingerprint density at radius 1 is 1.26 bits per heavy atom. The molecule has 0 aliphatic carbocycles. The third-order valence-electron chi connectivity index (χ3n) is 5.27. The maximum absolute atomic E-state index is 12.8. The molecule has 2 unspecified atom stereocenters. The summed E-state index contributed by atoms with van der Waals surface area (Å²) in [6.07, 6.45) is 1.07. The second-order valence-corrected chi connectivity index (χ2v) is 9.94. The molecule has 1 aliphatic rings. The smallest absolute Gasteiger partial charge is 0.410 e. The van der Waals surface area contributed by atoms with E-state index in [0.717, 1.165) is 6.42 Å². The van der Waals surface area contributed by atoms with E-state index in [1.807, 2.05) is 20.8 Å². The molecule has 0 radical (unpaired) electrons. The van der Waals surface area contributed by atoms with Crippen molar-refractivity contribution >= 4 is 41.2 Å². The molecule has 2 heterocycles. The Morgan fingerprint density at radius 3 is 2.57 bits per heavy atom. The average Bonchev–Trinajstić information content (AvgIpc) is 3.41. The van der Waals surface area contributed by atoms with Crippen molar-refractivity contribution in [1.82, 2.24) is 15.4 Å². The molecular weight excluding hydrogens is 497 g/mol. The van der Waals surface area contributed by atoms with Gasteiger partial charge in [0.05, 0.1) is 28.3 Å². The fourth-order valence-electron chi connectivity index (χ4n) is 3.78. The number of carbonyl (C=O) groups excluding carboxylic acids is 3. The Morgan fingerprint density at radius 2 is 1.94 bits per heavy atom. The zero-order chi connectivity index (χ0) is 25.8. The van der Waals surface area contributed by atoms with Gasteiger partial charge in [-0.25, -0.2) is 9.59 Å². The van der Waals surface area contributed by atoms with Gasteiger partial charge in [0.1, 0.15) is 23.1 Å². The molecule has 1 aromatic heterocycles. The number of aromatic nitrogens is 1. The number of hydrogen-bond donors (Lipinski definition) is 1. The van der Waals surface area contributed by atoms with Crippen molar-refractivity contribution < 1.29 is 28.4 Å². The van der Waals surface area contributed by atoms with Crippen molar-refractivity contribution in [1.29, 1.82) is 0 Å². The molecule has 1 saturated heterocycles. The van der Waals surface area contributed by atoms with E-state index in [-0.39, 0.29) is 34.7 Å². The summed E-state index contributed by atoms with van der Waals surface area (Å²) in [5.74, 6) is -0.914. The number of benzene rings is 1. The Hall–Kier alpha value is -2.78. The van der Waals surface area contributed by atoms with Gasteiger partial charge in [-0.15, -0.1) is 0 Å². The molecule has 0 bridgehead atoms. The van der Waals surface area contributed by atoms with Crippen LogP contribution in [0.3, 0.4) is 0 Å². The fraction of sp³-hybridized carbons (Fsp3) is 0.500. The van der Waals surface area contributed by atoms with Gasteiger partial charge < -0.3 is 19.3 Å². The maximum Gasteiger partial charge on any atom is 0.410 e. The lowest BCUT2D eigenvalue weighted by atomic mass is 10.1. The first-order valence-electron chi connectivity index (χ1n) is 11.4. The van der Waals surface area contributed by atoms with Gasteiger partial charge in [0, 0.05) is 19.0 Å². The minimum Gasteiger partial charge on any atom is -0.464 e. The number of hydrogen-bond acceptors (Lipinski definition) is 7. The number of nitrogens with one attached hydrogen (secondary N) is 1. The van der Waals surface area contributed by atoms with Crippen LogP contribution in [-0.4, -0.2) is 52.8 Å². The summed E-state index contributed by atoms with van der Waals surface area (Å²) in [6.45, 7) is 7.77. The SMILES string of the molecule is CCOC(=O)C(Cc1cc(C2CCCN2C(=O)OC(C)(C)C)no1)NC(=O)c1c(Cl)cccc1Cl. The van der Waals surface area contributed by atoms with Gasteiger partial charge >= 0.3 is 12.1 Å². The van der Waals surface area contributed by atoms with Crippen molar-refractivity contribution in [2.75, 3.05) is 13.2 Å². The van der Waals surface area contributed by atoms with Gasteiger partial charge in [0.25, 0.3) is 5.91 Å². The highest BCUT2D eigenvalue weighted by Gasteiger charge is 2.35. The highest BCUT2D eigenvalue weighted by molar-refractivity contribution is 6.39. The number of rotatable bonds is 7. The van der Waals surface area contributed by atoms with Crippen LogP contribution in [-0.2, 0) is 20.7 Å². The predicted molar refractivity (Wildman–Crippen MR) is 129 cm³/mol. The first-order chi connectivity index (χ1) is 16.5. The van der Waals surface area contributed by atoms with Gasteiger partial charge in [-0.2, -0.15) is 0 Å². The molecule has 3 rings (SSSR count). The molecular formula is C24H29Cl2N3O6. The van der Waals surface area contributed by atoms with E-state index in [1.54, 1.807) is 24.0 Å². The Kier molecular flexibility index (Phi) is 8.66. The van der Waals surface area contributed by atoms with Crippen molar-refractivity contribution in [3.05, 3.63) is 51.3 Å². The number of likely N-dealkylation sites (tertiary alicyclic amines) is 1. The molecule has 1 fully saturated rings. The molecule has 190 valence electrons. The lowest BCUT2D eigenvalue weighted by molar-refractivity contribution is -0.145. The maximum atomic E-state index is 12.8. The van der Waals surface area contributed by atoms with Crippen molar-refractivity contribution in [2.45, 2.75) is 64.6 Å². The number of ether oxygens (including phenoxy) is 2. The number of halogens is 2. The summed E-state index contributed by atoms with van der Waals surface area (Å²) in [4.78, 5) is 39.7. The Labute approximate surface area is 214 Å². The third kappa shape index (κ3) is 6.89. The lowest BCUT2D eigenvalue weighted by Gasteiger charge is -2.27. The second kappa shape index (κ2) is 11.3. The van der Waals surface area contributed by atoms with E-state index in [4.69, 9.17) is 37.2 Å². The molecule has 1 aliphatic heterocycles. The number of esters is 1. The lowest BCUT2D eigenvalue weighted by Crippen LogP contribution is -2.43. The van der Waals surface area contributed by atoms with Gasteiger partial charge in [0.15, 0.2) is 0 Å². The molecule has 2 aromatic rings. The van der Waals surface area contributed by atoms with Crippen LogP contribution in [0.4, 0.5) is 4.79 Å². The zero-order valence-corrected chi connectivity index (χ0v) is 21.6. The van der Waals surface area contributed by atoms with E-state index in [2.05, 4.69) is 10.5 Å². The quantitative estimate of drug-likeness (QED) is 0.508. The molecule has 1 aromatic carbocycles. The van der Waals surface area contributed by atoms with Crippen LogP contribution in [0.25, 0.3) is 0 Å². The Bertz CT molecular complexity index is 1060. The molecule has 2 atom stereocenters. The summed E-state index contributed by atoms with van der Waals surface area (Å²) < 4.78 is 16.1. The highest BCUT2D eigenvalue weighted by atomic mass is 35.5. The fourth-order valence-corrected chi connectivity index (χ4v) is 4.35. The Balaban J connectivity index is 1.76. The summed E-state index contributed by atoms with van der Waals surface area (Å²) in [7, 11) is 0. The summed E-state index contributed by atoms with van der Waals surface area (Å²) in [6, 6.07) is 4.98. The van der Waals surface area contributed by atoms with Gasteiger partial charge in [0.2, 0.25) is 0 Å². The van der Waals surface area contributed by atoms with Crippen LogP contribution in [0.15, 0.2) is 28.8 Å². The molecule has 35 heavy (non-hydrogen) atoms. The van der Waals surface area contributed by atoms with Crippen LogP contribution in [0.2, 0.25) is 10.0 Å². The van der Waals surface area contributed by atoms with Crippen molar-refractivity contribution in [2.24, 2.45) is 0 Å². The molecule has 1 N–H and O–H groups in total. The van der Waals surface area contributed by atoms with Crippen LogP contribution in [0.1, 0.15) is 68.4 Å². The van der Waals surface area contributed by atoms with Crippen molar-refractivity contribution in [3.63, 3.8) is 0 Å². The minimum absolute atomic E-state index is 0.0151. The summed E-state index contributed by atoms with van der Waals surface area (Å²) in [5, 5.41) is 7.06. The summed E-state index contributed by atoms with van der Waals surface area (Å²) >= 11 is 12.3. The average molecular weight is 526 g/mol. The van der Waals surface area contributed by atoms with Crippen LogP contribution in [0, 0.1) is 0 Å².